The molecule has 25 heavy (non-hydrogen) atoms. The zero-order valence-corrected chi connectivity index (χ0v) is 13.5. The summed E-state index contributed by atoms with van der Waals surface area (Å²) in [6, 6.07) is 29.0. The van der Waals surface area contributed by atoms with Crippen LogP contribution in [-0.4, -0.2) is 10.9 Å². The van der Waals surface area contributed by atoms with Gasteiger partial charge >= 0.3 is 0 Å². The Balaban J connectivity index is 1.82. The molecule has 1 heterocycles. The number of rotatable bonds is 3. The van der Waals surface area contributed by atoms with E-state index < -0.39 is 0 Å². The van der Waals surface area contributed by atoms with Gasteiger partial charge in [-0.3, -0.25) is 14.7 Å². The van der Waals surface area contributed by atoms with E-state index in [1.807, 2.05) is 91.0 Å². The first-order valence-electron chi connectivity index (χ1n) is 8.12. The smallest absolute Gasteiger partial charge is 0.264 e. The number of pyridine rings is 1. The second kappa shape index (κ2) is 6.57. The van der Waals surface area contributed by atoms with Crippen LogP contribution in [0.15, 0.2) is 97.2 Å². The minimum atomic E-state index is -0.101. The zero-order chi connectivity index (χ0) is 17.1. The molecule has 0 saturated carbocycles. The van der Waals surface area contributed by atoms with Gasteiger partial charge in [0.05, 0.1) is 11.1 Å². The Morgan fingerprint density at radius 3 is 1.92 bits per heavy atom. The normalized spacial score (nSPS) is 10.6. The highest BCUT2D eigenvalue weighted by Gasteiger charge is 2.20. The van der Waals surface area contributed by atoms with E-state index in [4.69, 9.17) is 0 Å². The van der Waals surface area contributed by atoms with Gasteiger partial charge in [0, 0.05) is 23.0 Å². The number of hydrogen-bond acceptors (Lipinski definition) is 2. The minimum Gasteiger partial charge on any atom is -0.277 e. The van der Waals surface area contributed by atoms with Crippen LogP contribution < -0.4 is 4.90 Å². The molecule has 0 atom stereocenters. The van der Waals surface area contributed by atoms with Gasteiger partial charge in [-0.05, 0) is 36.4 Å². The van der Waals surface area contributed by atoms with Gasteiger partial charge in [0.2, 0.25) is 0 Å². The molecule has 0 aliphatic heterocycles. The summed E-state index contributed by atoms with van der Waals surface area (Å²) < 4.78 is 0. The quantitative estimate of drug-likeness (QED) is 0.518. The molecule has 0 fully saturated rings. The first-order chi connectivity index (χ1) is 12.3. The third kappa shape index (κ3) is 3.00. The van der Waals surface area contributed by atoms with Crippen LogP contribution in [0, 0.1) is 0 Å². The van der Waals surface area contributed by atoms with Gasteiger partial charge in [-0.2, -0.15) is 0 Å². The van der Waals surface area contributed by atoms with Crippen LogP contribution >= 0.6 is 0 Å². The van der Waals surface area contributed by atoms with Gasteiger partial charge in [-0.1, -0.05) is 54.6 Å². The van der Waals surface area contributed by atoms with Crippen molar-refractivity contribution >= 4 is 28.2 Å². The Labute approximate surface area is 146 Å². The van der Waals surface area contributed by atoms with E-state index in [-0.39, 0.29) is 5.91 Å². The van der Waals surface area contributed by atoms with Crippen molar-refractivity contribution in [3.63, 3.8) is 0 Å². The highest BCUT2D eigenvalue weighted by Crippen LogP contribution is 2.27. The third-order valence-electron chi connectivity index (χ3n) is 4.07. The van der Waals surface area contributed by atoms with Crippen molar-refractivity contribution in [2.45, 2.75) is 0 Å². The second-order valence-electron chi connectivity index (χ2n) is 5.73. The lowest BCUT2D eigenvalue weighted by Crippen LogP contribution is -2.26. The van der Waals surface area contributed by atoms with Gasteiger partial charge < -0.3 is 0 Å². The number of fused-ring (bicyclic) bond motifs is 1. The lowest BCUT2D eigenvalue weighted by Gasteiger charge is -2.23. The number of para-hydroxylation sites is 3. The molecule has 3 heteroatoms. The van der Waals surface area contributed by atoms with Gasteiger partial charge in [0.25, 0.3) is 5.91 Å². The molecule has 0 radical (unpaired) electrons. The summed E-state index contributed by atoms with van der Waals surface area (Å²) in [5, 5.41) is 0.953. The Hall–Kier alpha value is -3.46. The molecule has 3 nitrogen and oxygen atoms in total. The summed E-state index contributed by atoms with van der Waals surface area (Å²) in [6.45, 7) is 0. The molecule has 0 N–H and O–H groups in total. The van der Waals surface area contributed by atoms with Gasteiger partial charge in [0.1, 0.15) is 0 Å². The largest absolute Gasteiger partial charge is 0.277 e. The number of anilines is 2. The standard InChI is InChI=1S/C22H16N2O/c25-22(18-15-17-9-7-8-14-21(17)23-16-18)24(19-10-3-1-4-11-19)20-12-5-2-6-13-20/h1-16H. The minimum absolute atomic E-state index is 0.101. The number of nitrogens with zero attached hydrogens (tertiary/aromatic N) is 2. The van der Waals surface area contributed by atoms with Crippen molar-refractivity contribution < 1.29 is 4.79 Å². The molecule has 120 valence electrons. The fourth-order valence-electron chi connectivity index (χ4n) is 2.85. The molecule has 3 aromatic carbocycles. The number of benzene rings is 3. The summed E-state index contributed by atoms with van der Waals surface area (Å²) in [5.41, 5.74) is 3.09. The average Bonchev–Trinajstić information content (AvgIpc) is 2.69. The molecule has 4 aromatic rings. The van der Waals surface area contributed by atoms with E-state index in [2.05, 4.69) is 4.98 Å². The first kappa shape index (κ1) is 15.1. The lowest BCUT2D eigenvalue weighted by molar-refractivity contribution is 0.0999. The maximum atomic E-state index is 13.3. The molecule has 1 amide bonds. The van der Waals surface area contributed by atoms with Crippen LogP contribution in [0.4, 0.5) is 11.4 Å². The van der Waals surface area contributed by atoms with Crippen LogP contribution in [0.2, 0.25) is 0 Å². The lowest BCUT2D eigenvalue weighted by atomic mass is 10.1. The van der Waals surface area contributed by atoms with E-state index in [1.165, 1.54) is 0 Å². The van der Waals surface area contributed by atoms with Crippen LogP contribution in [0.1, 0.15) is 10.4 Å². The zero-order valence-electron chi connectivity index (χ0n) is 13.5. The Kier molecular flexibility index (Phi) is 3.97. The predicted molar refractivity (Wildman–Crippen MR) is 101 cm³/mol. The predicted octanol–water partition coefficient (Wildman–Crippen LogP) is 5.21. The molecule has 0 bridgehead atoms. The molecule has 0 unspecified atom stereocenters. The average molecular weight is 324 g/mol. The summed E-state index contributed by atoms with van der Waals surface area (Å²) in [5.74, 6) is -0.101. The SMILES string of the molecule is O=C(c1cnc2ccccc2c1)N(c1ccccc1)c1ccccc1. The fourth-order valence-corrected chi connectivity index (χ4v) is 2.85. The number of aromatic nitrogens is 1. The van der Waals surface area contributed by atoms with E-state index in [0.29, 0.717) is 5.56 Å². The van der Waals surface area contributed by atoms with Crippen LogP contribution in [0.5, 0.6) is 0 Å². The van der Waals surface area contributed by atoms with Crippen molar-refractivity contribution in [3.8, 4) is 0 Å². The summed E-state index contributed by atoms with van der Waals surface area (Å²) in [7, 11) is 0. The maximum Gasteiger partial charge on any atom is 0.264 e. The van der Waals surface area contributed by atoms with Crippen LogP contribution in [0.3, 0.4) is 0 Å². The first-order valence-corrected chi connectivity index (χ1v) is 8.12. The highest BCUT2D eigenvalue weighted by atomic mass is 16.2. The third-order valence-corrected chi connectivity index (χ3v) is 4.07. The number of amides is 1. The molecule has 0 spiro atoms. The molecular weight excluding hydrogens is 308 g/mol. The topological polar surface area (TPSA) is 33.2 Å². The van der Waals surface area contributed by atoms with Gasteiger partial charge in [-0.15, -0.1) is 0 Å². The Bertz CT molecular complexity index is 974. The van der Waals surface area contributed by atoms with Crippen molar-refractivity contribution in [2.24, 2.45) is 0 Å². The Morgan fingerprint density at radius 1 is 0.720 bits per heavy atom. The summed E-state index contributed by atoms with van der Waals surface area (Å²) in [4.78, 5) is 19.4. The van der Waals surface area contributed by atoms with Crippen molar-refractivity contribution in [1.82, 2.24) is 4.98 Å². The maximum absolute atomic E-state index is 13.3. The number of carbonyl (C=O) groups excluding carboxylic acids is 1. The molecule has 0 aliphatic rings. The second-order valence-corrected chi connectivity index (χ2v) is 5.73. The molecule has 4 rings (SSSR count). The number of hydrogen-bond donors (Lipinski definition) is 0. The van der Waals surface area contributed by atoms with Crippen molar-refractivity contribution in [1.29, 1.82) is 0 Å². The summed E-state index contributed by atoms with van der Waals surface area (Å²) in [6.07, 6.45) is 1.64. The monoisotopic (exact) mass is 324 g/mol. The van der Waals surface area contributed by atoms with Crippen LogP contribution in [0.25, 0.3) is 10.9 Å². The van der Waals surface area contributed by atoms with Crippen molar-refractivity contribution in [2.75, 3.05) is 4.90 Å². The summed E-state index contributed by atoms with van der Waals surface area (Å²) >= 11 is 0. The number of carbonyl (C=O) groups is 1. The highest BCUT2D eigenvalue weighted by molar-refractivity contribution is 6.11. The van der Waals surface area contributed by atoms with E-state index in [9.17, 15) is 4.79 Å². The van der Waals surface area contributed by atoms with Gasteiger partial charge in [-0.25, -0.2) is 0 Å². The molecule has 0 aliphatic carbocycles. The van der Waals surface area contributed by atoms with Gasteiger partial charge in [0.15, 0.2) is 0 Å². The van der Waals surface area contributed by atoms with E-state index in [1.54, 1.807) is 11.1 Å². The van der Waals surface area contributed by atoms with E-state index in [0.717, 1.165) is 22.3 Å². The molecule has 0 saturated heterocycles. The Morgan fingerprint density at radius 2 is 1.28 bits per heavy atom. The van der Waals surface area contributed by atoms with Crippen molar-refractivity contribution in [3.05, 3.63) is 103 Å². The molecule has 1 aromatic heterocycles. The molecular formula is C22H16N2O. The van der Waals surface area contributed by atoms with Crippen LogP contribution in [-0.2, 0) is 0 Å². The van der Waals surface area contributed by atoms with E-state index >= 15 is 0 Å². The fraction of sp³-hybridized carbons (Fsp3) is 0.